The Labute approximate surface area is 229 Å². The summed E-state index contributed by atoms with van der Waals surface area (Å²) in [4.78, 5) is 42.8. The van der Waals surface area contributed by atoms with Crippen LogP contribution in [0.5, 0.6) is 0 Å². The van der Waals surface area contributed by atoms with Crippen molar-refractivity contribution in [2.45, 2.75) is 52.4 Å². The van der Waals surface area contributed by atoms with Crippen molar-refractivity contribution in [1.29, 1.82) is 0 Å². The van der Waals surface area contributed by atoms with E-state index < -0.39 is 5.41 Å². The van der Waals surface area contributed by atoms with Crippen LogP contribution in [0.15, 0.2) is 36.7 Å². The van der Waals surface area contributed by atoms with Crippen LogP contribution in [0.1, 0.15) is 57.9 Å². The van der Waals surface area contributed by atoms with Crippen LogP contribution in [0.3, 0.4) is 0 Å². The number of anilines is 4. The summed E-state index contributed by atoms with van der Waals surface area (Å²) in [6, 6.07) is 8.16. The second-order valence-corrected chi connectivity index (χ2v) is 11.4. The van der Waals surface area contributed by atoms with Gasteiger partial charge in [-0.1, -0.05) is 33.6 Å². The van der Waals surface area contributed by atoms with Gasteiger partial charge in [-0.3, -0.25) is 9.59 Å². The zero-order chi connectivity index (χ0) is 27.6. The molecule has 2 aliphatic rings. The highest BCUT2D eigenvalue weighted by atomic mass is 16.2. The van der Waals surface area contributed by atoms with E-state index in [9.17, 15) is 9.59 Å². The second kappa shape index (κ2) is 11.1. The van der Waals surface area contributed by atoms with Gasteiger partial charge in [-0.25, -0.2) is 15.0 Å². The molecule has 5 rings (SSSR count). The number of carbonyl (C=O) groups excluding carboxylic acids is 2. The molecule has 3 aromatic rings. The van der Waals surface area contributed by atoms with Crippen molar-refractivity contribution < 1.29 is 9.59 Å². The number of aromatic nitrogens is 3. The minimum Gasteiger partial charge on any atom is -0.368 e. The second-order valence-electron chi connectivity index (χ2n) is 11.4. The molecule has 2 aromatic heterocycles. The quantitative estimate of drug-likeness (QED) is 0.436. The summed E-state index contributed by atoms with van der Waals surface area (Å²) < 4.78 is 0. The molecule has 0 bridgehead atoms. The average Bonchev–Trinajstić information content (AvgIpc) is 3.47. The molecule has 206 valence electrons. The Morgan fingerprint density at radius 2 is 1.67 bits per heavy atom. The van der Waals surface area contributed by atoms with E-state index in [0.29, 0.717) is 30.8 Å². The lowest BCUT2D eigenvalue weighted by Crippen LogP contribution is -2.50. The van der Waals surface area contributed by atoms with Crippen molar-refractivity contribution in [3.8, 4) is 0 Å². The maximum Gasteiger partial charge on any atom is 0.236 e. The van der Waals surface area contributed by atoms with Crippen molar-refractivity contribution in [2.75, 3.05) is 48.3 Å². The molecule has 1 aliphatic heterocycles. The maximum absolute atomic E-state index is 12.8. The molecule has 0 radical (unpaired) electrons. The van der Waals surface area contributed by atoms with Crippen LogP contribution >= 0.6 is 0 Å². The van der Waals surface area contributed by atoms with E-state index in [2.05, 4.69) is 37.6 Å². The van der Waals surface area contributed by atoms with Gasteiger partial charge in [-0.2, -0.15) is 0 Å². The van der Waals surface area contributed by atoms with Gasteiger partial charge < -0.3 is 26.2 Å². The van der Waals surface area contributed by atoms with Crippen molar-refractivity contribution in [3.63, 3.8) is 0 Å². The van der Waals surface area contributed by atoms with E-state index in [4.69, 9.17) is 10.7 Å². The zero-order valence-electron chi connectivity index (χ0n) is 23.0. The summed E-state index contributed by atoms with van der Waals surface area (Å²) >= 11 is 0. The third-order valence-electron chi connectivity index (χ3n) is 7.63. The Hall–Kier alpha value is -3.79. The van der Waals surface area contributed by atoms with E-state index in [1.165, 1.54) is 0 Å². The molecule has 1 saturated carbocycles. The fraction of sp³-hybridized carbons (Fsp3) is 0.483. The first-order valence-corrected chi connectivity index (χ1v) is 13.8. The van der Waals surface area contributed by atoms with E-state index in [1.807, 2.05) is 37.8 Å². The summed E-state index contributed by atoms with van der Waals surface area (Å²) in [7, 11) is 0. The van der Waals surface area contributed by atoms with Gasteiger partial charge in [0.05, 0.1) is 12.1 Å². The molecule has 4 N–H and O–H groups in total. The van der Waals surface area contributed by atoms with Gasteiger partial charge in [0.2, 0.25) is 17.8 Å². The minimum absolute atomic E-state index is 0.000145. The summed E-state index contributed by atoms with van der Waals surface area (Å²) in [5.74, 6) is 1.35. The molecular formula is C29H38N8O2. The Morgan fingerprint density at radius 1 is 1.00 bits per heavy atom. The number of nitrogens with two attached hydrogens (primary N) is 1. The topological polar surface area (TPSA) is 129 Å². The largest absolute Gasteiger partial charge is 0.368 e. The Balaban J connectivity index is 1.36. The highest BCUT2D eigenvalue weighted by Crippen LogP contribution is 2.40. The summed E-state index contributed by atoms with van der Waals surface area (Å²) in [5.41, 5.74) is 8.81. The molecular weight excluding hydrogens is 492 g/mol. The third-order valence-corrected chi connectivity index (χ3v) is 7.63. The summed E-state index contributed by atoms with van der Waals surface area (Å²) in [6.07, 6.45) is 7.97. The molecule has 39 heavy (non-hydrogen) atoms. The maximum atomic E-state index is 12.8. The summed E-state index contributed by atoms with van der Waals surface area (Å²) in [6.45, 7) is 8.67. The number of nitrogens with zero attached hydrogens (tertiary/aromatic N) is 5. The van der Waals surface area contributed by atoms with Crippen molar-refractivity contribution >= 4 is 45.9 Å². The lowest BCUT2D eigenvalue weighted by molar-refractivity contribution is -0.130. The standard InChI is InChI=1S/C29H38N8O2/c1-29(2,3)27(39)35-26-24(19-6-4-5-7-19)25-20(17-31-26)18-32-28(34-25)33-21-8-10-22(11-9-21)36-12-14-37(15-13-36)23(38)16-30/h8-11,17-19H,4-7,12-16,30H2,1-3H3,(H,31,35,39)(H,32,33,34). The van der Waals surface area contributed by atoms with Gasteiger partial charge in [0.15, 0.2) is 0 Å². The fourth-order valence-corrected chi connectivity index (χ4v) is 5.30. The van der Waals surface area contributed by atoms with Crippen LogP contribution in [0.25, 0.3) is 10.9 Å². The van der Waals surface area contributed by atoms with E-state index in [0.717, 1.165) is 66.6 Å². The first kappa shape index (κ1) is 26.8. The number of hydrogen-bond acceptors (Lipinski definition) is 8. The molecule has 2 fully saturated rings. The molecule has 3 heterocycles. The predicted molar refractivity (Wildman–Crippen MR) is 154 cm³/mol. The molecule has 1 aromatic carbocycles. The number of amides is 2. The van der Waals surface area contributed by atoms with Crippen molar-refractivity contribution in [1.82, 2.24) is 19.9 Å². The molecule has 0 spiro atoms. The average molecular weight is 531 g/mol. The van der Waals surface area contributed by atoms with Gasteiger partial charge in [0, 0.05) is 66.3 Å². The Kier molecular flexibility index (Phi) is 7.65. The number of hydrogen-bond donors (Lipinski definition) is 3. The van der Waals surface area contributed by atoms with Crippen LogP contribution < -0.4 is 21.3 Å². The van der Waals surface area contributed by atoms with Gasteiger partial charge in [0.1, 0.15) is 5.82 Å². The number of piperazine rings is 1. The molecule has 2 amide bonds. The van der Waals surface area contributed by atoms with Crippen LogP contribution in [0.2, 0.25) is 0 Å². The first-order chi connectivity index (χ1) is 18.7. The molecule has 0 unspecified atom stereocenters. The number of carbonyl (C=O) groups is 2. The van der Waals surface area contributed by atoms with Gasteiger partial charge >= 0.3 is 0 Å². The number of nitrogens with one attached hydrogen (secondary N) is 2. The minimum atomic E-state index is -0.524. The lowest BCUT2D eigenvalue weighted by atomic mass is 9.93. The molecule has 10 heteroatoms. The van der Waals surface area contributed by atoms with Crippen LogP contribution in [0, 0.1) is 5.41 Å². The predicted octanol–water partition coefficient (Wildman–Crippen LogP) is 4.02. The molecule has 0 atom stereocenters. The Bertz CT molecular complexity index is 1340. The summed E-state index contributed by atoms with van der Waals surface area (Å²) in [5, 5.41) is 7.28. The van der Waals surface area contributed by atoms with Crippen LogP contribution in [-0.4, -0.2) is 64.4 Å². The number of benzene rings is 1. The normalized spacial score (nSPS) is 16.5. The van der Waals surface area contributed by atoms with Crippen LogP contribution in [-0.2, 0) is 9.59 Å². The molecule has 1 saturated heterocycles. The molecule has 10 nitrogen and oxygen atoms in total. The first-order valence-electron chi connectivity index (χ1n) is 13.8. The highest BCUT2D eigenvalue weighted by Gasteiger charge is 2.28. The van der Waals surface area contributed by atoms with E-state index in [1.54, 1.807) is 12.4 Å². The van der Waals surface area contributed by atoms with Crippen molar-refractivity contribution in [3.05, 3.63) is 42.2 Å². The molecule has 1 aliphatic carbocycles. The SMILES string of the molecule is CC(C)(C)C(=O)Nc1ncc2cnc(Nc3ccc(N4CCN(C(=O)CN)CC4)cc3)nc2c1C1CCCC1. The number of pyridine rings is 1. The van der Waals surface area contributed by atoms with Gasteiger partial charge in [-0.15, -0.1) is 0 Å². The Morgan fingerprint density at radius 3 is 2.31 bits per heavy atom. The van der Waals surface area contributed by atoms with E-state index in [-0.39, 0.29) is 18.4 Å². The third kappa shape index (κ3) is 5.95. The lowest BCUT2D eigenvalue weighted by Gasteiger charge is -2.36. The number of rotatable bonds is 6. The van der Waals surface area contributed by atoms with Gasteiger partial charge in [-0.05, 0) is 43.0 Å². The van der Waals surface area contributed by atoms with E-state index >= 15 is 0 Å². The number of fused-ring (bicyclic) bond motifs is 1. The van der Waals surface area contributed by atoms with Crippen LogP contribution in [0.4, 0.5) is 23.1 Å². The highest BCUT2D eigenvalue weighted by molar-refractivity contribution is 5.97. The smallest absolute Gasteiger partial charge is 0.236 e. The van der Waals surface area contributed by atoms with Crippen molar-refractivity contribution in [2.24, 2.45) is 11.1 Å². The van der Waals surface area contributed by atoms with Gasteiger partial charge in [0.25, 0.3) is 0 Å². The fourth-order valence-electron chi connectivity index (χ4n) is 5.30. The zero-order valence-corrected chi connectivity index (χ0v) is 23.0. The monoisotopic (exact) mass is 530 g/mol.